The number of hydrogen-bond acceptors (Lipinski definition) is 6. The molecule has 0 aromatic heterocycles. The van der Waals surface area contributed by atoms with Crippen molar-refractivity contribution in [2.24, 2.45) is 0 Å². The van der Waals surface area contributed by atoms with Crippen molar-refractivity contribution in [3.8, 4) is 28.7 Å². The number of ether oxygens (including phenoxy) is 1. The molecule has 1 aliphatic heterocycles. The number of hydrogen-bond donors (Lipinski definition) is 4. The summed E-state index contributed by atoms with van der Waals surface area (Å²) in [6.07, 6.45) is 0.812. The van der Waals surface area contributed by atoms with Crippen LogP contribution in [0.25, 0.3) is 0 Å². The predicted octanol–water partition coefficient (Wildman–Crippen LogP) is 3.68. The molecule has 6 nitrogen and oxygen atoms in total. The van der Waals surface area contributed by atoms with Crippen LogP contribution in [0.1, 0.15) is 47.9 Å². The van der Waals surface area contributed by atoms with Gasteiger partial charge in [-0.3, -0.25) is 4.79 Å². The summed E-state index contributed by atoms with van der Waals surface area (Å²) in [6.45, 7) is 7.23. The third-order valence-electron chi connectivity index (χ3n) is 4.69. The summed E-state index contributed by atoms with van der Waals surface area (Å²) in [5.41, 5.74) is -0.0204. The van der Waals surface area contributed by atoms with Crippen molar-refractivity contribution in [3.63, 3.8) is 0 Å². The molecule has 1 atom stereocenters. The fourth-order valence-electron chi connectivity index (χ4n) is 3.12. The Morgan fingerprint density at radius 2 is 1.81 bits per heavy atom. The molecule has 4 N–H and O–H groups in total. The lowest BCUT2D eigenvalue weighted by molar-refractivity contribution is 0.0843. The van der Waals surface area contributed by atoms with Gasteiger partial charge in [0.1, 0.15) is 28.9 Å². The van der Waals surface area contributed by atoms with E-state index < -0.39 is 11.5 Å². The second-order valence-electron chi connectivity index (χ2n) is 6.90. The summed E-state index contributed by atoms with van der Waals surface area (Å²) in [4.78, 5) is 12.7. The lowest BCUT2D eigenvalue weighted by atomic mass is 9.81. The van der Waals surface area contributed by atoms with Crippen molar-refractivity contribution < 1.29 is 30.0 Å². The molecule has 0 saturated heterocycles. The van der Waals surface area contributed by atoms with Crippen LogP contribution >= 0.6 is 0 Å². The SMILES string of the molecule is C=CC(C)(C)c1c(O)cc2c(c1O)C(=O)CC(c1ccc(O)c(O)c1)O2. The summed E-state index contributed by atoms with van der Waals surface area (Å²) in [7, 11) is 0. The van der Waals surface area contributed by atoms with Crippen molar-refractivity contribution >= 4 is 5.78 Å². The number of benzene rings is 2. The van der Waals surface area contributed by atoms with Crippen molar-refractivity contribution in [3.05, 3.63) is 53.6 Å². The van der Waals surface area contributed by atoms with E-state index >= 15 is 0 Å². The Balaban J connectivity index is 2.08. The zero-order valence-corrected chi connectivity index (χ0v) is 14.5. The third kappa shape index (κ3) is 2.73. The van der Waals surface area contributed by atoms with E-state index in [4.69, 9.17) is 4.74 Å². The van der Waals surface area contributed by atoms with E-state index in [0.717, 1.165) is 0 Å². The lowest BCUT2D eigenvalue weighted by Gasteiger charge is -2.30. The second-order valence-corrected chi connectivity index (χ2v) is 6.90. The molecule has 0 fully saturated rings. The van der Waals surface area contributed by atoms with Crippen molar-refractivity contribution in [2.45, 2.75) is 31.8 Å². The number of fused-ring (bicyclic) bond motifs is 1. The molecule has 2 aromatic carbocycles. The lowest BCUT2D eigenvalue weighted by Crippen LogP contribution is -2.22. The number of Topliss-reactive ketones (excluding diaryl/α,β-unsaturated/α-hetero) is 1. The fraction of sp³-hybridized carbons (Fsp3) is 0.250. The Kier molecular flexibility index (Phi) is 4.06. The van der Waals surface area contributed by atoms with Gasteiger partial charge in [0.2, 0.25) is 0 Å². The zero-order valence-electron chi connectivity index (χ0n) is 14.5. The minimum Gasteiger partial charge on any atom is -0.507 e. The zero-order chi connectivity index (χ0) is 19.2. The number of carbonyl (C=O) groups is 1. The van der Waals surface area contributed by atoms with Gasteiger partial charge in [0.15, 0.2) is 17.3 Å². The van der Waals surface area contributed by atoms with E-state index in [0.29, 0.717) is 5.56 Å². The van der Waals surface area contributed by atoms with E-state index in [9.17, 15) is 25.2 Å². The van der Waals surface area contributed by atoms with Crippen molar-refractivity contribution in [1.29, 1.82) is 0 Å². The molecule has 2 aromatic rings. The van der Waals surface area contributed by atoms with Gasteiger partial charge in [-0.05, 0) is 17.7 Å². The molecule has 1 heterocycles. The maximum absolute atomic E-state index is 12.7. The molecule has 0 spiro atoms. The number of phenols is 4. The molecule has 0 aliphatic carbocycles. The minimum absolute atomic E-state index is 0.0203. The van der Waals surface area contributed by atoms with E-state index in [1.165, 1.54) is 24.3 Å². The molecule has 0 amide bonds. The predicted molar refractivity (Wildman–Crippen MR) is 95.1 cm³/mol. The van der Waals surface area contributed by atoms with E-state index in [1.54, 1.807) is 19.9 Å². The molecular weight excluding hydrogens is 336 g/mol. The molecule has 0 radical (unpaired) electrons. The number of carbonyl (C=O) groups excluding carboxylic acids is 1. The largest absolute Gasteiger partial charge is 0.507 e. The van der Waals surface area contributed by atoms with Gasteiger partial charge in [-0.15, -0.1) is 6.58 Å². The number of ketones is 1. The summed E-state index contributed by atoms with van der Waals surface area (Å²) < 4.78 is 5.79. The van der Waals surface area contributed by atoms with Crippen molar-refractivity contribution in [2.75, 3.05) is 0 Å². The summed E-state index contributed by atoms with van der Waals surface area (Å²) in [5, 5.41) is 40.0. The van der Waals surface area contributed by atoms with Gasteiger partial charge >= 0.3 is 0 Å². The Morgan fingerprint density at radius 3 is 2.42 bits per heavy atom. The van der Waals surface area contributed by atoms with Crippen LogP contribution in [-0.4, -0.2) is 26.2 Å². The normalized spacial score (nSPS) is 16.7. The van der Waals surface area contributed by atoms with Crippen LogP contribution in [0.3, 0.4) is 0 Å². The summed E-state index contributed by atoms with van der Waals surface area (Å²) >= 11 is 0. The number of aromatic hydroxyl groups is 4. The van der Waals surface area contributed by atoms with Crippen LogP contribution in [-0.2, 0) is 5.41 Å². The van der Waals surface area contributed by atoms with Gasteiger partial charge in [-0.1, -0.05) is 26.0 Å². The topological polar surface area (TPSA) is 107 Å². The smallest absolute Gasteiger partial charge is 0.174 e. The Labute approximate surface area is 150 Å². The maximum atomic E-state index is 12.7. The third-order valence-corrected chi connectivity index (χ3v) is 4.69. The molecule has 1 unspecified atom stereocenters. The van der Waals surface area contributed by atoms with Gasteiger partial charge in [0, 0.05) is 17.0 Å². The van der Waals surface area contributed by atoms with Gasteiger partial charge < -0.3 is 25.2 Å². The minimum atomic E-state index is -0.747. The monoisotopic (exact) mass is 356 g/mol. The van der Waals surface area contributed by atoms with Crippen LogP contribution in [0.4, 0.5) is 0 Å². The highest BCUT2D eigenvalue weighted by Crippen LogP contribution is 2.48. The molecule has 0 bridgehead atoms. The number of allylic oxidation sites excluding steroid dienone is 1. The molecule has 1 aliphatic rings. The maximum Gasteiger partial charge on any atom is 0.174 e. The van der Waals surface area contributed by atoms with Crippen molar-refractivity contribution in [1.82, 2.24) is 0 Å². The first-order valence-electron chi connectivity index (χ1n) is 8.10. The van der Waals surface area contributed by atoms with Crippen LogP contribution in [0.2, 0.25) is 0 Å². The first-order chi connectivity index (χ1) is 12.2. The first-order valence-corrected chi connectivity index (χ1v) is 8.10. The summed E-state index contributed by atoms with van der Waals surface area (Å²) in [6, 6.07) is 5.46. The van der Waals surface area contributed by atoms with Crippen LogP contribution in [0.5, 0.6) is 28.7 Å². The second kappa shape index (κ2) is 5.98. The number of phenolic OH excluding ortho intramolecular Hbond substituents is 4. The van der Waals surface area contributed by atoms with Gasteiger partial charge in [-0.25, -0.2) is 0 Å². The van der Waals surface area contributed by atoms with Gasteiger partial charge in [0.25, 0.3) is 0 Å². The van der Waals surface area contributed by atoms with Crippen LogP contribution < -0.4 is 4.74 Å². The fourth-order valence-corrected chi connectivity index (χ4v) is 3.12. The Bertz CT molecular complexity index is 913. The standard InChI is InChI=1S/C20H20O6/c1-4-20(2,3)18-14(24)9-16-17(19(18)25)13(23)8-15(26-16)10-5-6-11(21)12(22)7-10/h4-7,9,15,21-22,24-25H,1,8H2,2-3H3. The Hall–Kier alpha value is -3.15. The van der Waals surface area contributed by atoms with E-state index in [1.807, 2.05) is 0 Å². The van der Waals surface area contributed by atoms with E-state index in [-0.39, 0.29) is 52.1 Å². The summed E-state index contributed by atoms with van der Waals surface area (Å²) in [5.74, 6) is -1.39. The molecule has 6 heteroatoms. The molecular formula is C20H20O6. The quantitative estimate of drug-likeness (QED) is 0.494. The highest BCUT2D eigenvalue weighted by atomic mass is 16.5. The van der Waals surface area contributed by atoms with Crippen LogP contribution in [0.15, 0.2) is 36.9 Å². The Morgan fingerprint density at radius 1 is 1.12 bits per heavy atom. The molecule has 26 heavy (non-hydrogen) atoms. The highest BCUT2D eigenvalue weighted by molar-refractivity contribution is 6.03. The molecule has 0 saturated carbocycles. The first kappa shape index (κ1) is 17.7. The molecule has 3 rings (SSSR count). The highest BCUT2D eigenvalue weighted by Gasteiger charge is 2.36. The molecule has 136 valence electrons. The average Bonchev–Trinajstić information content (AvgIpc) is 2.56. The average molecular weight is 356 g/mol. The number of rotatable bonds is 3. The van der Waals surface area contributed by atoms with Crippen LogP contribution in [0, 0.1) is 0 Å². The van der Waals surface area contributed by atoms with Gasteiger partial charge in [0.05, 0.1) is 6.42 Å². The van der Waals surface area contributed by atoms with E-state index in [2.05, 4.69) is 6.58 Å². The van der Waals surface area contributed by atoms with Gasteiger partial charge in [-0.2, -0.15) is 0 Å².